The van der Waals surface area contributed by atoms with Crippen molar-refractivity contribution >= 4 is 5.91 Å². The molecule has 0 aliphatic carbocycles. The van der Waals surface area contributed by atoms with E-state index < -0.39 is 0 Å². The van der Waals surface area contributed by atoms with Gasteiger partial charge in [-0.3, -0.25) is 4.79 Å². The lowest BCUT2D eigenvalue weighted by molar-refractivity contribution is -0.693. The van der Waals surface area contributed by atoms with E-state index in [1.165, 1.54) is 83.5 Å². The van der Waals surface area contributed by atoms with E-state index in [2.05, 4.69) is 38.2 Å². The van der Waals surface area contributed by atoms with Gasteiger partial charge in [-0.25, -0.2) is 4.57 Å². The third-order valence-corrected chi connectivity index (χ3v) is 7.01. The Kier molecular flexibility index (Phi) is 19.2. The second kappa shape index (κ2) is 21.3. The minimum absolute atomic E-state index is 0. The van der Waals surface area contributed by atoms with Crippen molar-refractivity contribution in [2.24, 2.45) is 0 Å². The number of carbonyl (C=O) groups is 1. The van der Waals surface area contributed by atoms with E-state index in [-0.39, 0.29) is 29.9 Å². The highest BCUT2D eigenvalue weighted by molar-refractivity contribution is 5.93. The molecule has 1 heterocycles. The first kappa shape index (κ1) is 33.4. The molecule has 1 amide bonds. The lowest BCUT2D eigenvalue weighted by Gasteiger charge is -2.11. The number of halogens is 1. The molecule has 0 spiro atoms. The van der Waals surface area contributed by atoms with E-state index in [0.29, 0.717) is 12.1 Å². The molecule has 2 aromatic rings. The molecule has 0 radical (unpaired) electrons. The molecule has 0 unspecified atom stereocenters. The summed E-state index contributed by atoms with van der Waals surface area (Å²) >= 11 is 0. The molecule has 1 N–H and O–H groups in total. The van der Waals surface area contributed by atoms with Gasteiger partial charge in [0.15, 0.2) is 12.4 Å². The van der Waals surface area contributed by atoms with Gasteiger partial charge in [-0.15, -0.1) is 0 Å². The number of benzene rings is 1. The molecule has 0 aliphatic heterocycles. The van der Waals surface area contributed by atoms with E-state index in [4.69, 9.17) is 4.74 Å². The van der Waals surface area contributed by atoms with Gasteiger partial charge >= 0.3 is 0 Å². The van der Waals surface area contributed by atoms with Crippen LogP contribution < -0.4 is 38.6 Å². The van der Waals surface area contributed by atoms with Crippen molar-refractivity contribution in [3.8, 4) is 5.75 Å². The van der Waals surface area contributed by atoms with Crippen LogP contribution in [0.4, 0.5) is 0 Å². The van der Waals surface area contributed by atoms with Crippen LogP contribution in [0.25, 0.3) is 0 Å². The van der Waals surface area contributed by atoms with Gasteiger partial charge in [0.25, 0.3) is 5.91 Å². The Labute approximate surface area is 244 Å². The zero-order valence-electron chi connectivity index (χ0n) is 23.7. The number of hydrogen-bond acceptors (Lipinski definition) is 2. The van der Waals surface area contributed by atoms with Crippen LogP contribution in [-0.2, 0) is 13.1 Å². The predicted molar refractivity (Wildman–Crippen MR) is 150 cm³/mol. The number of rotatable bonds is 20. The van der Waals surface area contributed by atoms with E-state index >= 15 is 0 Å². The summed E-state index contributed by atoms with van der Waals surface area (Å²) in [4.78, 5) is 12.5. The molecule has 0 aliphatic rings. The highest BCUT2D eigenvalue weighted by Crippen LogP contribution is 2.18. The Hall–Kier alpha value is -1.63. The molecule has 5 heteroatoms. The third kappa shape index (κ3) is 14.8. The monoisotopic (exact) mass is 622 g/mol. The fraction of sp³-hybridized carbons (Fsp3) is 0.625. The van der Waals surface area contributed by atoms with Gasteiger partial charge in [0.2, 0.25) is 0 Å². The Morgan fingerprint density at radius 1 is 0.838 bits per heavy atom. The van der Waals surface area contributed by atoms with Gasteiger partial charge in [0.1, 0.15) is 17.9 Å². The molecule has 0 bridgehead atoms. The largest absolute Gasteiger partial charge is 1.00 e. The molecule has 0 fully saturated rings. The molecule has 0 atom stereocenters. The zero-order valence-corrected chi connectivity index (χ0v) is 25.9. The zero-order chi connectivity index (χ0) is 25.8. The summed E-state index contributed by atoms with van der Waals surface area (Å²) in [5.41, 5.74) is 2.95. The van der Waals surface area contributed by atoms with Gasteiger partial charge in [-0.05, 0) is 49.6 Å². The molecule has 4 nitrogen and oxygen atoms in total. The van der Waals surface area contributed by atoms with Crippen molar-refractivity contribution in [2.45, 2.75) is 124 Å². The molecular weight excluding hydrogens is 571 g/mol. The SMILES string of the molecule is CCCCCCCCCCCCCCCCOc1ccc(CNC(=O)c2ccc[n+](CC)c2)c(C)c1.[I-]. The fourth-order valence-corrected chi connectivity index (χ4v) is 4.57. The number of nitrogens with one attached hydrogen (secondary N) is 1. The van der Waals surface area contributed by atoms with Crippen LogP contribution in [0, 0.1) is 6.92 Å². The van der Waals surface area contributed by atoms with Gasteiger partial charge in [-0.2, -0.15) is 0 Å². The number of aryl methyl sites for hydroxylation is 2. The molecule has 0 saturated carbocycles. The Bertz CT molecular complexity index is 872. The number of aromatic nitrogens is 1. The first-order valence-corrected chi connectivity index (χ1v) is 14.6. The summed E-state index contributed by atoms with van der Waals surface area (Å²) in [7, 11) is 0. The molecule has 0 saturated heterocycles. The van der Waals surface area contributed by atoms with Crippen LogP contribution in [0.5, 0.6) is 5.75 Å². The maximum absolute atomic E-state index is 12.5. The minimum Gasteiger partial charge on any atom is -1.00 e. The van der Waals surface area contributed by atoms with E-state index in [0.717, 1.165) is 36.4 Å². The molecular formula is C32H51IN2O2. The lowest BCUT2D eigenvalue weighted by Crippen LogP contribution is -3.00. The van der Waals surface area contributed by atoms with Gasteiger partial charge in [-0.1, -0.05) is 96.5 Å². The maximum atomic E-state index is 12.5. The van der Waals surface area contributed by atoms with Crippen molar-refractivity contribution < 1.29 is 38.1 Å². The molecule has 37 heavy (non-hydrogen) atoms. The number of hydrogen-bond donors (Lipinski definition) is 1. The lowest BCUT2D eigenvalue weighted by atomic mass is 10.0. The van der Waals surface area contributed by atoms with E-state index in [1.54, 1.807) is 0 Å². The van der Waals surface area contributed by atoms with Gasteiger partial charge in [0, 0.05) is 12.6 Å². The smallest absolute Gasteiger partial charge is 0.257 e. The summed E-state index contributed by atoms with van der Waals surface area (Å²) in [5.74, 6) is 0.875. The highest BCUT2D eigenvalue weighted by atomic mass is 127. The molecule has 2 rings (SSSR count). The summed E-state index contributed by atoms with van der Waals surface area (Å²) in [6.07, 6.45) is 23.0. The van der Waals surface area contributed by atoms with Crippen LogP contribution in [0.3, 0.4) is 0 Å². The van der Waals surface area contributed by atoms with Crippen molar-refractivity contribution in [1.29, 1.82) is 0 Å². The van der Waals surface area contributed by atoms with Crippen LogP contribution in [-0.4, -0.2) is 12.5 Å². The summed E-state index contributed by atoms with van der Waals surface area (Å²) < 4.78 is 7.98. The molecule has 1 aromatic heterocycles. The van der Waals surface area contributed by atoms with Crippen molar-refractivity contribution in [3.63, 3.8) is 0 Å². The second-order valence-corrected chi connectivity index (χ2v) is 10.1. The van der Waals surface area contributed by atoms with Crippen LogP contribution in [0.15, 0.2) is 42.7 Å². The Balaban J connectivity index is 0.00000684. The Morgan fingerprint density at radius 3 is 2.00 bits per heavy atom. The fourth-order valence-electron chi connectivity index (χ4n) is 4.57. The van der Waals surface area contributed by atoms with Crippen LogP contribution >= 0.6 is 0 Å². The number of ether oxygens (including phenoxy) is 1. The van der Waals surface area contributed by atoms with Crippen molar-refractivity contribution in [1.82, 2.24) is 5.32 Å². The standard InChI is InChI=1S/C32H50N2O2.HI/c1-4-6-7-8-9-10-11-12-13-14-15-16-17-18-24-36-31-22-21-29(28(3)25-31)26-33-32(35)30-20-19-23-34(5-2)27-30;/h19-23,25,27H,4-18,24,26H2,1-3H3;1H. The number of amides is 1. The summed E-state index contributed by atoms with van der Waals surface area (Å²) in [6.45, 7) is 8.57. The molecule has 208 valence electrons. The third-order valence-electron chi connectivity index (χ3n) is 7.01. The van der Waals surface area contributed by atoms with Crippen LogP contribution in [0.1, 0.15) is 125 Å². The van der Waals surface area contributed by atoms with Crippen LogP contribution in [0.2, 0.25) is 0 Å². The summed E-state index contributed by atoms with van der Waals surface area (Å²) in [5, 5.41) is 3.03. The van der Waals surface area contributed by atoms with Crippen molar-refractivity contribution in [2.75, 3.05) is 6.61 Å². The number of nitrogens with zero attached hydrogens (tertiary/aromatic N) is 1. The predicted octanol–water partition coefficient (Wildman–Crippen LogP) is 5.10. The average molecular weight is 623 g/mol. The van der Waals surface area contributed by atoms with Gasteiger partial charge < -0.3 is 34.0 Å². The maximum Gasteiger partial charge on any atom is 0.257 e. The quantitative estimate of drug-likeness (QED) is 0.127. The first-order chi connectivity index (χ1) is 17.6. The Morgan fingerprint density at radius 2 is 1.43 bits per heavy atom. The number of carbonyl (C=O) groups excluding carboxylic acids is 1. The van der Waals surface area contributed by atoms with Crippen molar-refractivity contribution in [3.05, 3.63) is 59.4 Å². The number of unbranched alkanes of at least 4 members (excludes halogenated alkanes) is 13. The van der Waals surface area contributed by atoms with E-state index in [1.807, 2.05) is 35.2 Å². The number of pyridine rings is 1. The summed E-state index contributed by atoms with van der Waals surface area (Å²) in [6, 6.07) is 9.93. The van der Waals surface area contributed by atoms with E-state index in [9.17, 15) is 4.79 Å². The highest BCUT2D eigenvalue weighted by Gasteiger charge is 2.10. The normalized spacial score (nSPS) is 10.7. The average Bonchev–Trinajstić information content (AvgIpc) is 2.90. The van der Waals surface area contributed by atoms with Gasteiger partial charge in [0.05, 0.1) is 6.61 Å². The molecule has 1 aromatic carbocycles. The second-order valence-electron chi connectivity index (χ2n) is 10.1. The minimum atomic E-state index is -0.0460. The first-order valence-electron chi connectivity index (χ1n) is 14.6. The topological polar surface area (TPSA) is 42.2 Å².